The van der Waals surface area contributed by atoms with Gasteiger partial charge in [-0.25, -0.2) is 0 Å². The van der Waals surface area contributed by atoms with Crippen LogP contribution in [-0.4, -0.2) is 57.6 Å². The molecule has 2 N–H and O–H groups in total. The van der Waals surface area contributed by atoms with E-state index in [-0.39, 0.29) is 6.04 Å². The molecule has 0 radical (unpaired) electrons. The molecule has 0 aromatic heterocycles. The average Bonchev–Trinajstić information content (AvgIpc) is 3.29. The fourth-order valence-corrected chi connectivity index (χ4v) is 3.64. The van der Waals surface area contributed by atoms with E-state index in [0.29, 0.717) is 18.0 Å². The smallest absolute Gasteiger partial charge is 0.313 e. The number of benzene rings is 2. The van der Waals surface area contributed by atoms with E-state index in [2.05, 4.69) is 44.7 Å². The Bertz CT molecular complexity index is 844. The van der Waals surface area contributed by atoms with Gasteiger partial charge >= 0.3 is 11.8 Å². The van der Waals surface area contributed by atoms with Gasteiger partial charge in [-0.2, -0.15) is 0 Å². The zero-order valence-electron chi connectivity index (χ0n) is 17.9. The van der Waals surface area contributed by atoms with Crippen LogP contribution >= 0.6 is 0 Å². The molecule has 2 amide bonds. The molecule has 160 valence electrons. The first kappa shape index (κ1) is 21.6. The van der Waals surface area contributed by atoms with Crippen molar-refractivity contribution in [1.82, 2.24) is 10.2 Å². The van der Waals surface area contributed by atoms with E-state index in [4.69, 9.17) is 4.74 Å². The van der Waals surface area contributed by atoms with Crippen molar-refractivity contribution >= 4 is 23.2 Å². The number of methoxy groups -OCH3 is 1. The van der Waals surface area contributed by atoms with Gasteiger partial charge < -0.3 is 20.3 Å². The van der Waals surface area contributed by atoms with Gasteiger partial charge in [0.1, 0.15) is 5.75 Å². The number of carbonyl (C=O) groups is 2. The Morgan fingerprint density at radius 2 is 1.63 bits per heavy atom. The van der Waals surface area contributed by atoms with Crippen LogP contribution in [0.2, 0.25) is 0 Å². The molecule has 2 aromatic rings. The first-order valence-electron chi connectivity index (χ1n) is 10.2. The molecule has 1 saturated heterocycles. The lowest BCUT2D eigenvalue weighted by Crippen LogP contribution is -2.41. The maximum Gasteiger partial charge on any atom is 0.313 e. The molecule has 2 aromatic carbocycles. The average molecular weight is 411 g/mol. The lowest BCUT2D eigenvalue weighted by molar-refractivity contribution is -0.136. The van der Waals surface area contributed by atoms with Crippen molar-refractivity contribution in [2.45, 2.75) is 18.9 Å². The van der Waals surface area contributed by atoms with Crippen LogP contribution in [0.5, 0.6) is 5.75 Å². The normalized spacial score (nSPS) is 14.8. The molecule has 0 saturated carbocycles. The number of rotatable bonds is 7. The second-order valence-corrected chi connectivity index (χ2v) is 7.64. The number of carbonyl (C=O) groups excluding carboxylic acids is 2. The lowest BCUT2D eigenvalue weighted by Gasteiger charge is -2.28. The van der Waals surface area contributed by atoms with Gasteiger partial charge in [0.15, 0.2) is 0 Å². The number of hydrogen-bond donors (Lipinski definition) is 2. The number of likely N-dealkylation sites (tertiary alicyclic amines) is 1. The molecular weight excluding hydrogens is 380 g/mol. The predicted molar refractivity (Wildman–Crippen MR) is 119 cm³/mol. The van der Waals surface area contributed by atoms with E-state index in [1.807, 2.05) is 14.1 Å². The Morgan fingerprint density at radius 1 is 1.00 bits per heavy atom. The molecule has 1 heterocycles. The molecule has 0 aliphatic carbocycles. The summed E-state index contributed by atoms with van der Waals surface area (Å²) >= 11 is 0. The highest BCUT2D eigenvalue weighted by atomic mass is 16.5. The van der Waals surface area contributed by atoms with Crippen LogP contribution in [0.25, 0.3) is 0 Å². The molecule has 1 aliphatic rings. The summed E-state index contributed by atoms with van der Waals surface area (Å²) in [5, 5.41) is 5.43. The number of amides is 2. The van der Waals surface area contributed by atoms with Crippen LogP contribution in [0.15, 0.2) is 48.5 Å². The SMILES string of the molecule is COc1ccc(NC(=O)C(=O)NC[C@@H](c2ccc(N(C)C)cc2)N2CCCC2)cc1. The highest BCUT2D eigenvalue weighted by molar-refractivity contribution is 6.39. The van der Waals surface area contributed by atoms with Crippen molar-refractivity contribution in [3.63, 3.8) is 0 Å². The van der Waals surface area contributed by atoms with Crippen molar-refractivity contribution in [2.75, 3.05) is 51.1 Å². The van der Waals surface area contributed by atoms with Crippen molar-refractivity contribution < 1.29 is 14.3 Å². The molecule has 7 heteroatoms. The maximum atomic E-state index is 12.4. The molecular formula is C23H30N4O3. The van der Waals surface area contributed by atoms with Crippen LogP contribution in [-0.2, 0) is 9.59 Å². The van der Waals surface area contributed by atoms with Crippen molar-refractivity contribution in [3.05, 3.63) is 54.1 Å². The summed E-state index contributed by atoms with van der Waals surface area (Å²) in [6, 6.07) is 15.3. The third kappa shape index (κ3) is 5.51. The molecule has 3 rings (SSSR count). The summed E-state index contributed by atoms with van der Waals surface area (Å²) in [6.45, 7) is 2.37. The van der Waals surface area contributed by atoms with Gasteiger partial charge in [-0.05, 0) is 67.9 Å². The Labute approximate surface area is 178 Å². The van der Waals surface area contributed by atoms with Crippen molar-refractivity contribution in [2.24, 2.45) is 0 Å². The minimum atomic E-state index is -0.678. The van der Waals surface area contributed by atoms with E-state index < -0.39 is 11.8 Å². The molecule has 1 fully saturated rings. The minimum absolute atomic E-state index is 0.0430. The molecule has 30 heavy (non-hydrogen) atoms. The van der Waals surface area contributed by atoms with Gasteiger partial charge in [-0.3, -0.25) is 14.5 Å². The number of hydrogen-bond acceptors (Lipinski definition) is 5. The lowest BCUT2D eigenvalue weighted by atomic mass is 10.0. The highest BCUT2D eigenvalue weighted by Crippen LogP contribution is 2.26. The van der Waals surface area contributed by atoms with E-state index in [0.717, 1.165) is 37.2 Å². The fourth-order valence-electron chi connectivity index (χ4n) is 3.64. The van der Waals surface area contributed by atoms with Crippen LogP contribution in [0.1, 0.15) is 24.4 Å². The second-order valence-electron chi connectivity index (χ2n) is 7.64. The molecule has 1 aliphatic heterocycles. The third-order valence-electron chi connectivity index (χ3n) is 5.39. The van der Waals surface area contributed by atoms with E-state index in [9.17, 15) is 9.59 Å². The van der Waals surface area contributed by atoms with Crippen LogP contribution in [0.4, 0.5) is 11.4 Å². The summed E-state index contributed by atoms with van der Waals surface area (Å²) in [7, 11) is 5.59. The first-order valence-corrected chi connectivity index (χ1v) is 10.2. The highest BCUT2D eigenvalue weighted by Gasteiger charge is 2.25. The summed E-state index contributed by atoms with van der Waals surface area (Å²) < 4.78 is 5.10. The van der Waals surface area contributed by atoms with E-state index in [1.54, 1.807) is 31.4 Å². The van der Waals surface area contributed by atoms with Gasteiger partial charge in [-0.1, -0.05) is 12.1 Å². The van der Waals surface area contributed by atoms with Gasteiger partial charge in [0, 0.05) is 32.0 Å². The molecule has 0 spiro atoms. The quantitative estimate of drug-likeness (QED) is 0.687. The zero-order valence-corrected chi connectivity index (χ0v) is 17.9. The van der Waals surface area contributed by atoms with Crippen LogP contribution in [0.3, 0.4) is 0 Å². The number of anilines is 2. The van der Waals surface area contributed by atoms with Crippen LogP contribution in [0, 0.1) is 0 Å². The Balaban J connectivity index is 1.62. The summed E-state index contributed by atoms with van der Waals surface area (Å²) in [4.78, 5) is 29.1. The molecule has 0 unspecified atom stereocenters. The van der Waals surface area contributed by atoms with Crippen LogP contribution < -0.4 is 20.3 Å². The minimum Gasteiger partial charge on any atom is -0.497 e. The topological polar surface area (TPSA) is 73.9 Å². The van der Waals surface area contributed by atoms with Crippen molar-refractivity contribution in [3.8, 4) is 5.75 Å². The summed E-state index contributed by atoms with van der Waals surface area (Å²) in [5.74, 6) is -0.630. The largest absolute Gasteiger partial charge is 0.497 e. The number of ether oxygens (including phenoxy) is 1. The first-order chi connectivity index (χ1) is 14.5. The molecule has 1 atom stereocenters. The Kier molecular flexibility index (Phi) is 7.30. The zero-order chi connectivity index (χ0) is 21.5. The second kappa shape index (κ2) is 10.1. The van der Waals surface area contributed by atoms with Gasteiger partial charge in [0.2, 0.25) is 0 Å². The fraction of sp³-hybridized carbons (Fsp3) is 0.391. The summed E-state index contributed by atoms with van der Waals surface area (Å²) in [5.41, 5.74) is 2.81. The van der Waals surface area contributed by atoms with Gasteiger partial charge in [0.25, 0.3) is 0 Å². The van der Waals surface area contributed by atoms with E-state index >= 15 is 0 Å². The standard InChI is InChI=1S/C23H30N4O3/c1-26(2)19-10-6-17(7-11-19)21(27-14-4-5-15-27)16-24-22(28)23(29)25-18-8-12-20(30-3)13-9-18/h6-13,21H,4-5,14-16H2,1-3H3,(H,24,28)(H,25,29)/t21-/m0/s1. The Morgan fingerprint density at radius 3 is 2.20 bits per heavy atom. The number of nitrogens with zero attached hydrogens (tertiary/aromatic N) is 2. The number of nitrogens with one attached hydrogen (secondary N) is 2. The van der Waals surface area contributed by atoms with Gasteiger partial charge in [-0.15, -0.1) is 0 Å². The summed E-state index contributed by atoms with van der Waals surface area (Å²) in [6.07, 6.45) is 2.30. The van der Waals surface area contributed by atoms with E-state index in [1.165, 1.54) is 0 Å². The van der Waals surface area contributed by atoms with Crippen molar-refractivity contribution in [1.29, 1.82) is 0 Å². The monoisotopic (exact) mass is 410 g/mol. The molecule has 7 nitrogen and oxygen atoms in total. The van der Waals surface area contributed by atoms with Gasteiger partial charge in [0.05, 0.1) is 13.2 Å². The Hall–Kier alpha value is -3.06. The maximum absolute atomic E-state index is 12.4. The third-order valence-corrected chi connectivity index (χ3v) is 5.39. The predicted octanol–water partition coefficient (Wildman–Crippen LogP) is 2.65. The molecule has 0 bridgehead atoms.